The Labute approximate surface area is 471 Å². The molecule has 1 saturated heterocycles. The number of hydrogen-bond acceptors (Lipinski definition) is 23. The molecule has 432 valence electrons. The van der Waals surface area contributed by atoms with Gasteiger partial charge in [-0.2, -0.15) is 29.8 Å². The average Bonchev–Trinajstić information content (AvgIpc) is 4.14. The second-order valence-electron chi connectivity index (χ2n) is 19.4. The summed E-state index contributed by atoms with van der Waals surface area (Å²) < 4.78 is 154. The van der Waals surface area contributed by atoms with E-state index >= 15 is 0 Å². The van der Waals surface area contributed by atoms with E-state index in [1.165, 1.54) is 24.3 Å². The molecule has 26 nitrogen and oxygen atoms in total. The number of pyridine rings is 1. The van der Waals surface area contributed by atoms with Gasteiger partial charge < -0.3 is 14.3 Å². The number of hydroxylamine groups is 2. The van der Waals surface area contributed by atoms with Crippen molar-refractivity contribution in [2.24, 2.45) is 0 Å². The molecule has 0 unspecified atom stereocenters. The van der Waals surface area contributed by atoms with Crippen LogP contribution in [0.2, 0.25) is 0 Å². The summed E-state index contributed by atoms with van der Waals surface area (Å²) in [7, 11) is -19.8. The minimum absolute atomic E-state index is 0.0334. The molecule has 0 atom stereocenters. The number of anilines is 1. The van der Waals surface area contributed by atoms with Crippen LogP contribution in [-0.2, 0) is 84.5 Å². The first kappa shape index (κ1) is 61.0. The van der Waals surface area contributed by atoms with Crippen LogP contribution >= 0.6 is 24.1 Å². The quantitative estimate of drug-likeness (QED) is 0.00689. The third kappa shape index (κ3) is 12.8. The first-order chi connectivity index (χ1) is 37.9. The average molecular weight is 1240 g/mol. The predicted molar refractivity (Wildman–Crippen MR) is 288 cm³/mol. The fraction of sp³-hybridized carbons (Fsp3) is 0.286. The van der Waals surface area contributed by atoms with Crippen molar-refractivity contribution in [2.45, 2.75) is 83.8 Å². The van der Waals surface area contributed by atoms with Crippen molar-refractivity contribution in [2.75, 3.05) is 29.5 Å². The van der Waals surface area contributed by atoms with Gasteiger partial charge in [0.05, 0.1) is 48.6 Å². The van der Waals surface area contributed by atoms with Crippen molar-refractivity contribution in [1.82, 2.24) is 10.0 Å². The summed E-state index contributed by atoms with van der Waals surface area (Å²) in [4.78, 5) is 47.2. The zero-order valence-electron chi connectivity index (χ0n) is 42.7. The van der Waals surface area contributed by atoms with Gasteiger partial charge in [-0.15, -0.1) is 13.7 Å². The lowest BCUT2D eigenvalue weighted by Crippen LogP contribution is -2.32. The lowest BCUT2D eigenvalue weighted by Gasteiger charge is -2.27. The summed E-state index contributed by atoms with van der Waals surface area (Å²) in [6.07, 6.45) is 7.48. The second kappa shape index (κ2) is 23.3. The molecule has 0 aliphatic carbocycles. The molecule has 81 heavy (non-hydrogen) atoms. The number of nitrogens with zero attached hydrogens (tertiary/aromatic N) is 4. The van der Waals surface area contributed by atoms with Gasteiger partial charge in [0, 0.05) is 106 Å². The molecule has 0 bridgehead atoms. The van der Waals surface area contributed by atoms with Crippen LogP contribution < -0.4 is 4.90 Å². The van der Waals surface area contributed by atoms with Crippen LogP contribution in [0, 0.1) is 0 Å². The number of allylic oxidation sites excluding steroid dienone is 6. The highest BCUT2D eigenvalue weighted by atomic mass is 32.2. The number of hydrogen-bond donors (Lipinski definition) is 5. The summed E-state index contributed by atoms with van der Waals surface area (Å²) in [5, 5.41) is 26.2. The van der Waals surface area contributed by atoms with E-state index in [2.05, 4.69) is 23.7 Å². The Morgan fingerprint density at radius 1 is 0.778 bits per heavy atom. The summed E-state index contributed by atoms with van der Waals surface area (Å²) >= 11 is 1.20. The lowest BCUT2D eigenvalue weighted by atomic mass is 9.79. The Morgan fingerprint density at radius 2 is 1.42 bits per heavy atom. The molecule has 2 amide bonds. The Kier molecular flexibility index (Phi) is 17.6. The maximum Gasteiger partial charge on any atom is 0.365 e. The van der Waals surface area contributed by atoms with E-state index in [9.17, 15) is 66.3 Å². The van der Waals surface area contributed by atoms with E-state index in [0.717, 1.165) is 30.4 Å². The zero-order chi connectivity index (χ0) is 59.2. The normalized spacial score (nSPS) is 17.2. The largest absolute Gasteiger partial charge is 0.748 e. The van der Waals surface area contributed by atoms with Gasteiger partial charge in [0.1, 0.15) is 11.4 Å². The van der Waals surface area contributed by atoms with Gasteiger partial charge in [-0.05, 0) is 103 Å². The fourth-order valence-electron chi connectivity index (χ4n) is 10.2. The van der Waals surface area contributed by atoms with Gasteiger partial charge in [-0.25, -0.2) is 23.7 Å². The van der Waals surface area contributed by atoms with Crippen LogP contribution in [0.15, 0.2) is 116 Å². The van der Waals surface area contributed by atoms with Crippen LogP contribution in [0.4, 0.5) is 11.4 Å². The number of amides is 2. The van der Waals surface area contributed by atoms with Crippen LogP contribution in [-0.4, -0.2) is 125 Å². The van der Waals surface area contributed by atoms with Crippen molar-refractivity contribution in [1.29, 1.82) is 0 Å². The maximum absolute atomic E-state index is 13.3. The van der Waals surface area contributed by atoms with Gasteiger partial charge in [0.2, 0.25) is 5.69 Å². The topological polar surface area (TPSA) is 381 Å². The van der Waals surface area contributed by atoms with E-state index in [1.54, 1.807) is 74.8 Å². The van der Waals surface area contributed by atoms with Gasteiger partial charge in [0.25, 0.3) is 42.2 Å². The SMILES string of the molecule is CC1(C)C(/C=C/C(=C/C=C2/N(CCCSOOO)c3ccc4c(S(=O)(=O)O)cc(S(=O)(=O)O)cc4c3C2(C)C)c2ccc(C(=O)ON3C(=O)CCC3=O)cn2)=[N+](CCCS(=O)(=O)[O-])c2ccc3c(SOOO)cc(S(=O)(=O)O)cc3c21. The molecular weight excluding hydrogens is 1190 g/mol. The lowest BCUT2D eigenvalue weighted by molar-refractivity contribution is -0.437. The highest BCUT2D eigenvalue weighted by molar-refractivity contribution is 7.95. The fourth-order valence-corrected chi connectivity index (χ4v) is 13.5. The molecule has 0 spiro atoms. The van der Waals surface area contributed by atoms with E-state index in [-0.39, 0.29) is 76.0 Å². The van der Waals surface area contributed by atoms with Crippen LogP contribution in [0.25, 0.3) is 27.1 Å². The molecule has 3 aliphatic heterocycles. The summed E-state index contributed by atoms with van der Waals surface area (Å²) in [6, 6.07) is 12.9. The number of aromatic nitrogens is 1. The first-order valence-corrected chi connectivity index (χ1v) is 31.3. The molecule has 5 aromatic rings. The van der Waals surface area contributed by atoms with Crippen molar-refractivity contribution in [3.05, 3.63) is 119 Å². The molecule has 1 aromatic heterocycles. The number of imide groups is 1. The van der Waals surface area contributed by atoms with Crippen molar-refractivity contribution in [3.63, 3.8) is 0 Å². The summed E-state index contributed by atoms with van der Waals surface area (Å²) in [5.74, 6) is -3.07. The number of fused-ring (bicyclic) bond motifs is 6. The number of carbonyl (C=O) groups is 3. The van der Waals surface area contributed by atoms with E-state index in [4.69, 9.17) is 15.4 Å². The second-order valence-corrected chi connectivity index (χ2v) is 26.7. The van der Waals surface area contributed by atoms with E-state index in [0.29, 0.717) is 68.9 Å². The first-order valence-electron chi connectivity index (χ1n) is 23.8. The van der Waals surface area contributed by atoms with Crippen molar-refractivity contribution in [3.8, 4) is 0 Å². The van der Waals surface area contributed by atoms with Crippen molar-refractivity contribution < 1.29 is 105 Å². The van der Waals surface area contributed by atoms with Crippen molar-refractivity contribution >= 4 is 127 Å². The monoisotopic (exact) mass is 1240 g/mol. The maximum atomic E-state index is 13.3. The highest BCUT2D eigenvalue weighted by Gasteiger charge is 2.47. The van der Waals surface area contributed by atoms with Gasteiger partial charge >= 0.3 is 5.97 Å². The minimum Gasteiger partial charge on any atom is -0.748 e. The third-order valence-electron chi connectivity index (χ3n) is 13.6. The standard InChI is InChI=1S/C49H48N4O22S6/c1-48(2)42(52(20-6-22-78(59,60)61)37-13-10-32-34(45(37)48)23-30(79(62,63)64)25-39(32)77-75-73-58)16-9-28(36-12-7-29(27-50-36)47(56)71-53-43(54)17-18-44(53)55)8-15-41-49(3,4)46-35-24-31(80(65,66)67)26-40(81(68,69)70)33(35)11-14-38(46)51(41)19-5-21-76-74-72-57/h7-16,23-27H,5-6,17-22H2,1-4H3,(H5-,57,58,59,60,61,62,63,64,65,66,67,68,69,70). The zero-order valence-corrected chi connectivity index (χ0v) is 47.6. The molecule has 4 aromatic carbocycles. The Bertz CT molecular complexity index is 4010. The Hall–Kier alpha value is -6.05. The molecule has 32 heteroatoms. The molecule has 1 fully saturated rings. The minimum atomic E-state index is -5.11. The smallest absolute Gasteiger partial charge is 0.365 e. The summed E-state index contributed by atoms with van der Waals surface area (Å²) in [5.41, 5.74) is 0.516. The molecule has 0 radical (unpaired) electrons. The van der Waals surface area contributed by atoms with Crippen LogP contribution in [0.5, 0.6) is 0 Å². The number of carbonyl (C=O) groups excluding carboxylic acids is 3. The molecule has 4 heterocycles. The number of rotatable bonds is 22. The van der Waals surface area contributed by atoms with Gasteiger partial charge in [-0.1, -0.05) is 36.1 Å². The predicted octanol–water partition coefficient (Wildman–Crippen LogP) is 6.87. The summed E-state index contributed by atoms with van der Waals surface area (Å²) in [6.45, 7) is 7.13. The molecule has 0 saturated carbocycles. The molecular formula is C49H48N4O22S6. The van der Waals surface area contributed by atoms with Crippen LogP contribution in [0.3, 0.4) is 0 Å². The Morgan fingerprint density at radius 3 is 2.02 bits per heavy atom. The molecule has 5 N–H and O–H groups in total. The third-order valence-corrected chi connectivity index (χ3v) is 18.2. The van der Waals surface area contributed by atoms with Gasteiger partial charge in [0.15, 0.2) is 5.71 Å². The number of benzene rings is 4. The van der Waals surface area contributed by atoms with E-state index < -0.39 is 89.5 Å². The van der Waals surface area contributed by atoms with Gasteiger partial charge in [-0.3, -0.25) is 28.2 Å². The molecule has 8 rings (SSSR count). The Balaban J connectivity index is 1.34. The highest BCUT2D eigenvalue weighted by Crippen LogP contribution is 2.52. The van der Waals surface area contributed by atoms with E-state index in [1.807, 2.05) is 4.90 Å². The molecule has 3 aliphatic rings. The van der Waals surface area contributed by atoms with Crippen LogP contribution in [0.1, 0.15) is 80.6 Å².